The lowest BCUT2D eigenvalue weighted by molar-refractivity contribution is -0.131. The Morgan fingerprint density at radius 1 is 1.25 bits per heavy atom. The normalized spacial score (nSPS) is 12.2. The number of nitrogens with zero attached hydrogens (tertiary/aromatic N) is 2. The van der Waals surface area contributed by atoms with E-state index in [0.717, 1.165) is 22.2 Å². The van der Waals surface area contributed by atoms with Crippen molar-refractivity contribution in [3.05, 3.63) is 66.0 Å². The molecule has 2 heterocycles. The summed E-state index contributed by atoms with van der Waals surface area (Å²) in [5.41, 5.74) is 2.76. The second-order valence-electron chi connectivity index (χ2n) is 5.83. The van der Waals surface area contributed by atoms with Gasteiger partial charge in [0, 0.05) is 31.4 Å². The van der Waals surface area contributed by atoms with Gasteiger partial charge < -0.3 is 15.0 Å². The Bertz CT molecular complexity index is 814. The first-order valence-electron chi connectivity index (χ1n) is 8.03. The Balaban J connectivity index is 1.80. The van der Waals surface area contributed by atoms with Crippen LogP contribution in [0, 0.1) is 0 Å². The third-order valence-corrected chi connectivity index (χ3v) is 4.33. The van der Waals surface area contributed by atoms with E-state index in [-0.39, 0.29) is 18.6 Å². The Labute approximate surface area is 141 Å². The van der Waals surface area contributed by atoms with Gasteiger partial charge in [-0.15, -0.1) is 0 Å². The van der Waals surface area contributed by atoms with Crippen LogP contribution in [0.4, 0.5) is 0 Å². The number of amides is 1. The summed E-state index contributed by atoms with van der Waals surface area (Å²) >= 11 is 0. The number of aromatic amines is 1. The third-order valence-electron chi connectivity index (χ3n) is 4.33. The molecule has 2 aromatic heterocycles. The number of carbonyl (C=O) groups is 1. The fraction of sp³-hybridized carbons (Fsp3) is 0.263. The molecule has 5 nitrogen and oxygen atoms in total. The molecule has 0 saturated heterocycles. The molecule has 124 valence electrons. The maximum Gasteiger partial charge on any atom is 0.227 e. The van der Waals surface area contributed by atoms with Gasteiger partial charge in [0.05, 0.1) is 12.5 Å². The monoisotopic (exact) mass is 323 g/mol. The molecule has 5 heteroatoms. The highest BCUT2D eigenvalue weighted by atomic mass is 16.3. The van der Waals surface area contributed by atoms with Crippen molar-refractivity contribution in [2.45, 2.75) is 18.9 Å². The van der Waals surface area contributed by atoms with Gasteiger partial charge in [-0.05, 0) is 29.7 Å². The van der Waals surface area contributed by atoms with Gasteiger partial charge in [0.25, 0.3) is 0 Å². The summed E-state index contributed by atoms with van der Waals surface area (Å²) in [6, 6.07) is 13.5. The first-order chi connectivity index (χ1) is 11.7. The maximum atomic E-state index is 12.8. The molecule has 0 aliphatic carbocycles. The summed E-state index contributed by atoms with van der Waals surface area (Å²) in [6.45, 7) is 0.0359. The van der Waals surface area contributed by atoms with Crippen molar-refractivity contribution in [2.24, 2.45) is 0 Å². The van der Waals surface area contributed by atoms with E-state index in [0.29, 0.717) is 12.8 Å². The zero-order valence-corrected chi connectivity index (χ0v) is 13.6. The largest absolute Gasteiger partial charge is 0.396 e. The van der Waals surface area contributed by atoms with E-state index in [4.69, 9.17) is 0 Å². The van der Waals surface area contributed by atoms with Gasteiger partial charge >= 0.3 is 0 Å². The number of aliphatic hydroxyl groups excluding tert-OH is 1. The lowest BCUT2D eigenvalue weighted by Crippen LogP contribution is -2.33. The van der Waals surface area contributed by atoms with Crippen molar-refractivity contribution >= 4 is 16.9 Å². The average Bonchev–Trinajstić information content (AvgIpc) is 3.03. The summed E-state index contributed by atoms with van der Waals surface area (Å²) in [6.07, 6.45) is 4.38. The summed E-state index contributed by atoms with van der Waals surface area (Å²) < 4.78 is 0. The smallest absolute Gasteiger partial charge is 0.227 e. The molecule has 24 heavy (non-hydrogen) atoms. The minimum absolute atomic E-state index is 0.0158. The molecule has 0 saturated carbocycles. The third kappa shape index (κ3) is 3.31. The van der Waals surface area contributed by atoms with Gasteiger partial charge in [0.1, 0.15) is 5.65 Å². The number of aromatic nitrogens is 2. The maximum absolute atomic E-state index is 12.8. The number of carbonyl (C=O) groups excluding carboxylic acids is 1. The highest BCUT2D eigenvalue weighted by Gasteiger charge is 2.22. The number of aliphatic hydroxyl groups is 1. The number of benzene rings is 1. The van der Waals surface area contributed by atoms with Crippen LogP contribution in [0.3, 0.4) is 0 Å². The lowest BCUT2D eigenvalue weighted by Gasteiger charge is -2.28. The molecule has 1 atom stereocenters. The molecule has 0 radical (unpaired) electrons. The molecule has 0 aliphatic heterocycles. The van der Waals surface area contributed by atoms with Crippen LogP contribution in [-0.4, -0.2) is 39.5 Å². The van der Waals surface area contributed by atoms with E-state index in [1.54, 1.807) is 18.1 Å². The van der Waals surface area contributed by atoms with E-state index in [1.807, 2.05) is 48.7 Å². The predicted octanol–water partition coefficient (Wildman–Crippen LogP) is 2.69. The minimum Gasteiger partial charge on any atom is -0.396 e. The molecule has 0 bridgehead atoms. The van der Waals surface area contributed by atoms with Gasteiger partial charge in [-0.25, -0.2) is 4.98 Å². The fourth-order valence-electron chi connectivity index (χ4n) is 3.00. The zero-order chi connectivity index (χ0) is 16.9. The topological polar surface area (TPSA) is 69.2 Å². The quantitative estimate of drug-likeness (QED) is 0.733. The molecule has 0 aliphatic rings. The zero-order valence-electron chi connectivity index (χ0n) is 13.6. The number of rotatable bonds is 6. The number of pyridine rings is 1. The van der Waals surface area contributed by atoms with Crippen LogP contribution < -0.4 is 0 Å². The van der Waals surface area contributed by atoms with Crippen LogP contribution in [0.15, 0.2) is 54.9 Å². The number of hydrogen-bond acceptors (Lipinski definition) is 3. The highest BCUT2D eigenvalue weighted by Crippen LogP contribution is 2.24. The van der Waals surface area contributed by atoms with Crippen molar-refractivity contribution in [2.75, 3.05) is 13.7 Å². The van der Waals surface area contributed by atoms with Crippen LogP contribution in [0.25, 0.3) is 11.0 Å². The molecule has 1 aromatic carbocycles. The summed E-state index contributed by atoms with van der Waals surface area (Å²) in [5.74, 6) is 0.0158. The Kier molecular flexibility index (Phi) is 4.91. The van der Waals surface area contributed by atoms with Crippen molar-refractivity contribution in [1.82, 2.24) is 14.9 Å². The number of fused-ring (bicyclic) bond motifs is 1. The highest BCUT2D eigenvalue weighted by molar-refractivity contribution is 5.87. The van der Waals surface area contributed by atoms with Crippen LogP contribution in [-0.2, 0) is 11.2 Å². The van der Waals surface area contributed by atoms with Gasteiger partial charge in [-0.2, -0.15) is 0 Å². The molecular weight excluding hydrogens is 302 g/mol. The first kappa shape index (κ1) is 16.2. The van der Waals surface area contributed by atoms with Gasteiger partial charge in [0.2, 0.25) is 5.91 Å². The number of likely N-dealkylation sites (N-methyl/N-ethyl adjacent to an activating group) is 1. The minimum atomic E-state index is -0.132. The molecule has 3 aromatic rings. The van der Waals surface area contributed by atoms with Crippen LogP contribution in [0.1, 0.15) is 23.6 Å². The molecule has 3 rings (SSSR count). The van der Waals surface area contributed by atoms with Crippen molar-refractivity contribution in [3.63, 3.8) is 0 Å². The SMILES string of the molecule is CN(C(=O)Cc1c[nH]c2ncccc12)C(CCO)c1ccccc1. The summed E-state index contributed by atoms with van der Waals surface area (Å²) in [5, 5.41) is 10.3. The second-order valence-corrected chi connectivity index (χ2v) is 5.83. The molecule has 0 fully saturated rings. The molecule has 1 unspecified atom stereocenters. The lowest BCUT2D eigenvalue weighted by atomic mass is 10.0. The van der Waals surface area contributed by atoms with Crippen LogP contribution in [0.2, 0.25) is 0 Å². The summed E-state index contributed by atoms with van der Waals surface area (Å²) in [4.78, 5) is 21.8. The van der Waals surface area contributed by atoms with Gasteiger partial charge in [-0.1, -0.05) is 30.3 Å². The van der Waals surface area contributed by atoms with E-state index < -0.39 is 0 Å². The van der Waals surface area contributed by atoms with Crippen LogP contribution in [0.5, 0.6) is 0 Å². The Morgan fingerprint density at radius 2 is 2.04 bits per heavy atom. The number of H-pyrrole nitrogens is 1. The Morgan fingerprint density at radius 3 is 2.79 bits per heavy atom. The fourth-order valence-corrected chi connectivity index (χ4v) is 3.00. The standard InChI is InChI=1S/C19H21N3O2/c1-22(17(9-11-23)14-6-3-2-4-7-14)18(24)12-15-13-21-19-16(15)8-5-10-20-19/h2-8,10,13,17,23H,9,11-12H2,1H3,(H,20,21). The second kappa shape index (κ2) is 7.27. The van der Waals surface area contributed by atoms with E-state index in [1.165, 1.54) is 0 Å². The van der Waals surface area contributed by atoms with Crippen molar-refractivity contribution < 1.29 is 9.90 Å². The molecule has 1 amide bonds. The average molecular weight is 323 g/mol. The molecular formula is C19H21N3O2. The van der Waals surface area contributed by atoms with E-state index >= 15 is 0 Å². The predicted molar refractivity (Wildman–Crippen MR) is 93.5 cm³/mol. The molecule has 0 spiro atoms. The van der Waals surface area contributed by atoms with Gasteiger partial charge in [-0.3, -0.25) is 4.79 Å². The molecule has 2 N–H and O–H groups in total. The number of hydrogen-bond donors (Lipinski definition) is 2. The van der Waals surface area contributed by atoms with E-state index in [2.05, 4.69) is 9.97 Å². The van der Waals surface area contributed by atoms with Gasteiger partial charge in [0.15, 0.2) is 0 Å². The Hall–Kier alpha value is -2.66. The van der Waals surface area contributed by atoms with Crippen molar-refractivity contribution in [3.8, 4) is 0 Å². The van der Waals surface area contributed by atoms with E-state index in [9.17, 15) is 9.90 Å². The first-order valence-corrected chi connectivity index (χ1v) is 8.03. The van der Waals surface area contributed by atoms with Crippen molar-refractivity contribution in [1.29, 1.82) is 0 Å². The van der Waals surface area contributed by atoms with Crippen LogP contribution >= 0.6 is 0 Å². The summed E-state index contributed by atoms with van der Waals surface area (Å²) in [7, 11) is 1.79. The number of nitrogens with one attached hydrogen (secondary N) is 1.